The highest BCUT2D eigenvalue weighted by Crippen LogP contribution is 2.24. The second kappa shape index (κ2) is 5.50. The molecule has 2 atom stereocenters. The molecule has 1 N–H and O–H groups in total. The Morgan fingerprint density at radius 1 is 1.39 bits per heavy atom. The molecular weight excluding hydrogens is 232 g/mol. The van der Waals surface area contributed by atoms with Gasteiger partial charge >= 0.3 is 5.97 Å². The molecule has 0 amide bonds. The lowest BCUT2D eigenvalue weighted by atomic mass is 9.96. The first-order valence-corrected chi connectivity index (χ1v) is 6.21. The Kier molecular flexibility index (Phi) is 3.99. The Morgan fingerprint density at radius 3 is 2.72 bits per heavy atom. The molecule has 4 heteroatoms. The fraction of sp³-hybridized carbons (Fsp3) is 0.500. The zero-order valence-electron chi connectivity index (χ0n) is 10.5. The Balaban J connectivity index is 2.03. The van der Waals surface area contributed by atoms with Gasteiger partial charge < -0.3 is 14.6 Å². The molecule has 0 aromatic heterocycles. The maximum absolute atomic E-state index is 12.0. The molecule has 1 fully saturated rings. The van der Waals surface area contributed by atoms with Crippen LogP contribution in [0.3, 0.4) is 0 Å². The third-order valence-corrected chi connectivity index (χ3v) is 3.11. The fourth-order valence-corrected chi connectivity index (χ4v) is 1.92. The van der Waals surface area contributed by atoms with E-state index in [0.717, 1.165) is 12.8 Å². The summed E-state index contributed by atoms with van der Waals surface area (Å²) >= 11 is 0. The average molecular weight is 250 g/mol. The molecule has 98 valence electrons. The predicted molar refractivity (Wildman–Crippen MR) is 65.7 cm³/mol. The number of hydrogen-bond acceptors (Lipinski definition) is 4. The molecule has 1 aliphatic rings. The molecule has 18 heavy (non-hydrogen) atoms. The lowest BCUT2D eigenvalue weighted by Crippen LogP contribution is -2.38. The van der Waals surface area contributed by atoms with Crippen LogP contribution in [0.25, 0.3) is 0 Å². The third-order valence-electron chi connectivity index (χ3n) is 3.11. The van der Waals surface area contributed by atoms with E-state index in [-0.39, 0.29) is 0 Å². The van der Waals surface area contributed by atoms with Crippen LogP contribution in [-0.2, 0) is 19.9 Å². The molecule has 1 aromatic carbocycles. The van der Waals surface area contributed by atoms with Crippen LogP contribution in [-0.4, -0.2) is 24.0 Å². The first-order valence-electron chi connectivity index (χ1n) is 6.21. The van der Waals surface area contributed by atoms with E-state index in [1.54, 1.807) is 24.3 Å². The van der Waals surface area contributed by atoms with Crippen molar-refractivity contribution in [2.24, 2.45) is 0 Å². The Morgan fingerprint density at radius 2 is 2.11 bits per heavy atom. The number of rotatable bonds is 3. The first-order chi connectivity index (χ1) is 8.60. The van der Waals surface area contributed by atoms with Gasteiger partial charge in [-0.15, -0.1) is 0 Å². The Hall–Kier alpha value is -1.39. The predicted octanol–water partition coefficient (Wildman–Crippen LogP) is 1.96. The van der Waals surface area contributed by atoms with Crippen LogP contribution in [0.5, 0.6) is 0 Å². The summed E-state index contributed by atoms with van der Waals surface area (Å²) in [5.74, 6) is -0.666. The minimum atomic E-state index is -1.64. The van der Waals surface area contributed by atoms with Crippen LogP contribution < -0.4 is 0 Å². The summed E-state index contributed by atoms with van der Waals surface area (Å²) in [5, 5.41) is 10.3. The monoisotopic (exact) mass is 250 g/mol. The minimum Gasteiger partial charge on any atom is -0.433 e. The Labute approximate surface area is 107 Å². The van der Waals surface area contributed by atoms with Crippen molar-refractivity contribution in [2.75, 3.05) is 6.61 Å². The molecule has 0 aliphatic carbocycles. The van der Waals surface area contributed by atoms with Gasteiger partial charge in [-0.2, -0.15) is 0 Å². The van der Waals surface area contributed by atoms with Crippen LogP contribution in [0.15, 0.2) is 30.3 Å². The zero-order chi connectivity index (χ0) is 13.0. The van der Waals surface area contributed by atoms with E-state index in [1.165, 1.54) is 6.92 Å². The number of ether oxygens (including phenoxy) is 2. The maximum atomic E-state index is 12.0. The number of esters is 1. The van der Waals surface area contributed by atoms with E-state index < -0.39 is 17.9 Å². The highest BCUT2D eigenvalue weighted by Gasteiger charge is 2.36. The molecule has 0 saturated carbocycles. The molecule has 0 bridgehead atoms. The van der Waals surface area contributed by atoms with Gasteiger partial charge in [-0.3, -0.25) is 0 Å². The summed E-state index contributed by atoms with van der Waals surface area (Å²) in [4.78, 5) is 12.0. The van der Waals surface area contributed by atoms with Crippen molar-refractivity contribution in [3.8, 4) is 0 Å². The second-order valence-electron chi connectivity index (χ2n) is 4.64. The quantitative estimate of drug-likeness (QED) is 0.833. The van der Waals surface area contributed by atoms with E-state index in [2.05, 4.69) is 0 Å². The van der Waals surface area contributed by atoms with Crippen LogP contribution in [0, 0.1) is 0 Å². The largest absolute Gasteiger partial charge is 0.433 e. The summed E-state index contributed by atoms with van der Waals surface area (Å²) in [6, 6.07) is 8.77. The number of benzene rings is 1. The van der Waals surface area contributed by atoms with Gasteiger partial charge in [0.15, 0.2) is 5.60 Å². The van der Waals surface area contributed by atoms with Crippen molar-refractivity contribution in [2.45, 2.75) is 38.1 Å². The van der Waals surface area contributed by atoms with Crippen molar-refractivity contribution in [1.82, 2.24) is 0 Å². The molecule has 0 spiro atoms. The summed E-state index contributed by atoms with van der Waals surface area (Å²) in [6.45, 7) is 2.04. The van der Waals surface area contributed by atoms with Gasteiger partial charge in [0.2, 0.25) is 6.29 Å². The second-order valence-corrected chi connectivity index (χ2v) is 4.64. The van der Waals surface area contributed by atoms with Crippen LogP contribution in [0.4, 0.5) is 0 Å². The topological polar surface area (TPSA) is 55.8 Å². The van der Waals surface area contributed by atoms with Gasteiger partial charge in [0, 0.05) is 6.42 Å². The number of aliphatic hydroxyl groups is 1. The van der Waals surface area contributed by atoms with Crippen molar-refractivity contribution >= 4 is 5.97 Å². The maximum Gasteiger partial charge on any atom is 0.344 e. The van der Waals surface area contributed by atoms with Crippen molar-refractivity contribution in [1.29, 1.82) is 0 Å². The molecule has 1 aromatic rings. The molecule has 4 nitrogen and oxygen atoms in total. The van der Waals surface area contributed by atoms with E-state index in [9.17, 15) is 9.90 Å². The molecule has 1 saturated heterocycles. The summed E-state index contributed by atoms with van der Waals surface area (Å²) in [5.41, 5.74) is -1.12. The van der Waals surface area contributed by atoms with E-state index in [0.29, 0.717) is 18.6 Å². The number of carbonyl (C=O) groups is 1. The van der Waals surface area contributed by atoms with Gasteiger partial charge in [-0.05, 0) is 25.3 Å². The first kappa shape index (κ1) is 13.1. The van der Waals surface area contributed by atoms with Crippen molar-refractivity contribution in [3.05, 3.63) is 35.9 Å². The van der Waals surface area contributed by atoms with Crippen LogP contribution >= 0.6 is 0 Å². The SMILES string of the molecule is CC(O)(C(=O)OC1CCCCO1)c1ccccc1. The van der Waals surface area contributed by atoms with E-state index in [1.807, 2.05) is 6.07 Å². The summed E-state index contributed by atoms with van der Waals surface area (Å²) in [7, 11) is 0. The number of carbonyl (C=O) groups excluding carboxylic acids is 1. The van der Waals surface area contributed by atoms with E-state index >= 15 is 0 Å². The van der Waals surface area contributed by atoms with Crippen molar-refractivity contribution in [3.63, 3.8) is 0 Å². The van der Waals surface area contributed by atoms with Gasteiger partial charge in [0.05, 0.1) is 6.61 Å². The normalized spacial score (nSPS) is 23.1. The lowest BCUT2D eigenvalue weighted by molar-refractivity contribution is -0.204. The molecule has 1 aliphatic heterocycles. The van der Waals surface area contributed by atoms with Gasteiger partial charge in [-0.1, -0.05) is 30.3 Å². The molecular formula is C14H18O4. The molecule has 2 unspecified atom stereocenters. The van der Waals surface area contributed by atoms with Crippen LogP contribution in [0.1, 0.15) is 31.7 Å². The Bertz CT molecular complexity index is 394. The number of hydrogen-bond donors (Lipinski definition) is 1. The van der Waals surface area contributed by atoms with E-state index in [4.69, 9.17) is 9.47 Å². The summed E-state index contributed by atoms with van der Waals surface area (Å²) < 4.78 is 10.5. The molecule has 1 heterocycles. The van der Waals surface area contributed by atoms with Gasteiger partial charge in [0.1, 0.15) is 0 Å². The molecule has 0 radical (unpaired) electrons. The lowest BCUT2D eigenvalue weighted by Gasteiger charge is -2.27. The minimum absolute atomic E-state index is 0.519. The highest BCUT2D eigenvalue weighted by atomic mass is 16.7. The third kappa shape index (κ3) is 2.89. The smallest absolute Gasteiger partial charge is 0.344 e. The average Bonchev–Trinajstić information content (AvgIpc) is 2.41. The highest BCUT2D eigenvalue weighted by molar-refractivity contribution is 5.80. The van der Waals surface area contributed by atoms with Crippen molar-refractivity contribution < 1.29 is 19.4 Å². The molecule has 2 rings (SSSR count). The zero-order valence-corrected chi connectivity index (χ0v) is 10.5. The summed E-state index contributed by atoms with van der Waals surface area (Å²) in [6.07, 6.45) is 2.13. The van der Waals surface area contributed by atoms with Crippen LogP contribution in [0.2, 0.25) is 0 Å². The fourth-order valence-electron chi connectivity index (χ4n) is 1.92. The standard InChI is InChI=1S/C14H18O4/c1-14(16,11-7-3-2-4-8-11)13(15)18-12-9-5-6-10-17-12/h2-4,7-8,12,16H,5-6,9-10H2,1H3. The van der Waals surface area contributed by atoms with Gasteiger partial charge in [-0.25, -0.2) is 4.79 Å². The van der Waals surface area contributed by atoms with Gasteiger partial charge in [0.25, 0.3) is 0 Å².